The highest BCUT2D eigenvalue weighted by molar-refractivity contribution is 7.99. The van der Waals surface area contributed by atoms with E-state index < -0.39 is 5.82 Å². The van der Waals surface area contributed by atoms with E-state index in [1.54, 1.807) is 29.5 Å². The van der Waals surface area contributed by atoms with Gasteiger partial charge >= 0.3 is 0 Å². The minimum atomic E-state index is -0.491. The van der Waals surface area contributed by atoms with Crippen LogP contribution in [-0.4, -0.2) is 27.8 Å². The first-order valence-electron chi connectivity index (χ1n) is 9.31. The first-order chi connectivity index (χ1) is 13.6. The Bertz CT molecular complexity index is 1110. The third-order valence-corrected chi connectivity index (χ3v) is 6.88. The topological polar surface area (TPSA) is 64.0 Å². The van der Waals surface area contributed by atoms with Gasteiger partial charge in [0.1, 0.15) is 10.6 Å². The van der Waals surface area contributed by atoms with Crippen molar-refractivity contribution in [3.63, 3.8) is 0 Å². The van der Waals surface area contributed by atoms with Gasteiger partial charge < -0.3 is 5.32 Å². The normalized spacial score (nSPS) is 13.5. The van der Waals surface area contributed by atoms with Gasteiger partial charge in [0.15, 0.2) is 5.16 Å². The van der Waals surface area contributed by atoms with Crippen molar-refractivity contribution in [1.29, 1.82) is 0 Å². The van der Waals surface area contributed by atoms with Crippen molar-refractivity contribution in [2.75, 3.05) is 12.3 Å². The van der Waals surface area contributed by atoms with E-state index in [2.05, 4.69) is 10.3 Å². The van der Waals surface area contributed by atoms with E-state index in [-0.39, 0.29) is 22.9 Å². The minimum Gasteiger partial charge on any atom is -0.356 e. The van der Waals surface area contributed by atoms with Crippen LogP contribution in [0, 0.1) is 5.82 Å². The fourth-order valence-corrected chi connectivity index (χ4v) is 5.64. The number of thiophene rings is 1. The molecular weight excluding hydrogens is 397 g/mol. The Morgan fingerprint density at radius 3 is 2.89 bits per heavy atom. The van der Waals surface area contributed by atoms with Gasteiger partial charge in [-0.2, -0.15) is 0 Å². The number of amides is 1. The van der Waals surface area contributed by atoms with Gasteiger partial charge in [-0.3, -0.25) is 14.2 Å². The number of rotatable bonds is 5. The molecule has 146 valence electrons. The Kier molecular flexibility index (Phi) is 5.50. The number of carbonyl (C=O) groups is 1. The zero-order valence-electron chi connectivity index (χ0n) is 15.5. The SMILES string of the molecule is CCNC(=O)CSc1nc2sc3c(c2c(=O)n1-c1ccccc1F)CCCC3. The van der Waals surface area contributed by atoms with Gasteiger partial charge in [-0.1, -0.05) is 23.9 Å². The molecule has 4 rings (SSSR count). The molecule has 2 aromatic heterocycles. The number of hydrogen-bond acceptors (Lipinski definition) is 5. The number of fused-ring (bicyclic) bond motifs is 3. The van der Waals surface area contributed by atoms with Gasteiger partial charge in [0, 0.05) is 11.4 Å². The maximum atomic E-state index is 14.5. The Balaban J connectivity index is 1.91. The van der Waals surface area contributed by atoms with Crippen molar-refractivity contribution >= 4 is 39.2 Å². The van der Waals surface area contributed by atoms with Crippen LogP contribution in [0.15, 0.2) is 34.2 Å². The van der Waals surface area contributed by atoms with Crippen molar-refractivity contribution in [2.45, 2.75) is 37.8 Å². The average molecular weight is 418 g/mol. The maximum Gasteiger partial charge on any atom is 0.267 e. The molecular formula is C20H20FN3O2S2. The number of carbonyl (C=O) groups excluding carboxylic acids is 1. The highest BCUT2D eigenvalue weighted by Crippen LogP contribution is 2.35. The van der Waals surface area contributed by atoms with Gasteiger partial charge in [0.25, 0.3) is 5.56 Å². The fraction of sp³-hybridized carbons (Fsp3) is 0.350. The molecule has 3 aromatic rings. The molecule has 5 nitrogen and oxygen atoms in total. The smallest absolute Gasteiger partial charge is 0.267 e. The molecule has 0 aliphatic heterocycles. The number of thioether (sulfide) groups is 1. The number of aryl methyl sites for hydroxylation is 2. The predicted molar refractivity (Wildman–Crippen MR) is 111 cm³/mol. The van der Waals surface area contributed by atoms with Gasteiger partial charge in [-0.25, -0.2) is 9.37 Å². The molecule has 8 heteroatoms. The third kappa shape index (κ3) is 3.46. The molecule has 0 fully saturated rings. The lowest BCUT2D eigenvalue weighted by Gasteiger charge is -2.14. The van der Waals surface area contributed by atoms with Gasteiger partial charge in [-0.05, 0) is 50.3 Å². The lowest BCUT2D eigenvalue weighted by Crippen LogP contribution is -2.26. The Hall–Kier alpha value is -2.19. The van der Waals surface area contributed by atoms with Crippen molar-refractivity contribution in [1.82, 2.24) is 14.9 Å². The average Bonchev–Trinajstić information content (AvgIpc) is 3.06. The second-order valence-corrected chi connectivity index (χ2v) is 8.65. The quantitative estimate of drug-likeness (QED) is 0.508. The van der Waals surface area contributed by atoms with Gasteiger partial charge in [0.2, 0.25) is 5.91 Å². The fourth-order valence-electron chi connectivity index (χ4n) is 3.51. The summed E-state index contributed by atoms with van der Waals surface area (Å²) in [5.41, 5.74) is 0.970. The van der Waals surface area contributed by atoms with Crippen LogP contribution in [0.2, 0.25) is 0 Å². The number of hydrogen-bond donors (Lipinski definition) is 1. The largest absolute Gasteiger partial charge is 0.356 e. The summed E-state index contributed by atoms with van der Waals surface area (Å²) in [6.45, 7) is 2.38. The van der Waals surface area contributed by atoms with E-state index >= 15 is 0 Å². The van der Waals surface area contributed by atoms with E-state index in [1.807, 2.05) is 6.92 Å². The summed E-state index contributed by atoms with van der Waals surface area (Å²) in [6.07, 6.45) is 3.97. The van der Waals surface area contributed by atoms with Crippen molar-refractivity contribution in [3.05, 3.63) is 50.9 Å². The molecule has 1 aromatic carbocycles. The number of nitrogens with one attached hydrogen (secondary N) is 1. The van der Waals surface area contributed by atoms with E-state index in [4.69, 9.17) is 0 Å². The molecule has 0 unspecified atom stereocenters. The molecule has 28 heavy (non-hydrogen) atoms. The van der Waals surface area contributed by atoms with Crippen LogP contribution < -0.4 is 10.9 Å². The molecule has 1 aliphatic carbocycles. The number of nitrogens with zero attached hydrogens (tertiary/aromatic N) is 2. The number of aromatic nitrogens is 2. The summed E-state index contributed by atoms with van der Waals surface area (Å²) in [5.74, 6) is -0.521. The summed E-state index contributed by atoms with van der Waals surface area (Å²) in [6, 6.07) is 6.17. The molecule has 1 aliphatic rings. The van der Waals surface area contributed by atoms with Crippen LogP contribution >= 0.6 is 23.1 Å². The Labute approximate surface area is 170 Å². The highest BCUT2D eigenvalue weighted by Gasteiger charge is 2.24. The predicted octanol–water partition coefficient (Wildman–Crippen LogP) is 3.69. The van der Waals surface area contributed by atoms with Gasteiger partial charge in [-0.15, -0.1) is 11.3 Å². The van der Waals surface area contributed by atoms with Crippen LogP contribution in [0.25, 0.3) is 15.9 Å². The van der Waals surface area contributed by atoms with Crippen LogP contribution in [0.4, 0.5) is 4.39 Å². The summed E-state index contributed by atoms with van der Waals surface area (Å²) in [4.78, 5) is 32.0. The zero-order valence-corrected chi connectivity index (χ0v) is 17.1. The maximum absolute atomic E-state index is 14.5. The van der Waals surface area contributed by atoms with Crippen LogP contribution in [-0.2, 0) is 17.6 Å². The summed E-state index contributed by atoms with van der Waals surface area (Å²) >= 11 is 2.70. The Morgan fingerprint density at radius 2 is 2.11 bits per heavy atom. The molecule has 0 saturated carbocycles. The summed E-state index contributed by atoms with van der Waals surface area (Å²) < 4.78 is 15.9. The van der Waals surface area contributed by atoms with Gasteiger partial charge in [0.05, 0.1) is 16.8 Å². The highest BCUT2D eigenvalue weighted by atomic mass is 32.2. The van der Waals surface area contributed by atoms with Crippen LogP contribution in [0.3, 0.4) is 0 Å². The van der Waals surface area contributed by atoms with E-state index in [0.717, 1.165) is 43.0 Å². The number of para-hydroxylation sites is 1. The van der Waals surface area contributed by atoms with Crippen LogP contribution in [0.5, 0.6) is 0 Å². The second kappa shape index (κ2) is 8.05. The molecule has 1 N–H and O–H groups in total. The van der Waals surface area contributed by atoms with E-state index in [0.29, 0.717) is 21.9 Å². The van der Waals surface area contributed by atoms with Crippen molar-refractivity contribution in [3.8, 4) is 5.69 Å². The second-order valence-electron chi connectivity index (χ2n) is 6.62. The summed E-state index contributed by atoms with van der Waals surface area (Å²) in [7, 11) is 0. The van der Waals surface area contributed by atoms with E-state index in [9.17, 15) is 14.0 Å². The third-order valence-electron chi connectivity index (χ3n) is 4.76. The summed E-state index contributed by atoms with van der Waals surface area (Å²) in [5, 5.41) is 3.67. The molecule has 0 atom stereocenters. The van der Waals surface area contributed by atoms with E-state index in [1.165, 1.54) is 15.5 Å². The zero-order chi connectivity index (χ0) is 19.7. The lowest BCUT2D eigenvalue weighted by molar-refractivity contribution is -0.118. The lowest BCUT2D eigenvalue weighted by atomic mass is 9.97. The van der Waals surface area contributed by atoms with Crippen LogP contribution in [0.1, 0.15) is 30.2 Å². The Morgan fingerprint density at radius 1 is 1.32 bits per heavy atom. The van der Waals surface area contributed by atoms with Crippen molar-refractivity contribution < 1.29 is 9.18 Å². The van der Waals surface area contributed by atoms with Crippen molar-refractivity contribution in [2.24, 2.45) is 0 Å². The first kappa shape index (κ1) is 19.1. The number of benzene rings is 1. The molecule has 0 spiro atoms. The standard InChI is InChI=1S/C20H20FN3O2S2/c1-2-22-16(25)11-27-20-23-18-17(12-7-3-6-10-15(12)28-18)19(26)24(20)14-9-5-4-8-13(14)21/h4-5,8-9H,2-3,6-7,10-11H2,1H3,(H,22,25). The molecule has 0 bridgehead atoms. The minimum absolute atomic E-state index is 0.116. The molecule has 1 amide bonds. The monoisotopic (exact) mass is 417 g/mol. The molecule has 0 radical (unpaired) electrons. The molecule has 0 saturated heterocycles. The first-order valence-corrected chi connectivity index (χ1v) is 11.1. The molecule has 2 heterocycles. The number of halogens is 1.